The minimum Gasteiger partial charge on any atom is -0.477 e. The van der Waals surface area contributed by atoms with Gasteiger partial charge in [-0.05, 0) is 25.7 Å². The summed E-state index contributed by atoms with van der Waals surface area (Å²) >= 11 is 0. The summed E-state index contributed by atoms with van der Waals surface area (Å²) in [6.07, 6.45) is 5.92. The topological polar surface area (TPSA) is 115 Å². The monoisotopic (exact) mass is 404 g/mol. The number of carboxylic acids is 1. The average molecular weight is 404 g/mol. The summed E-state index contributed by atoms with van der Waals surface area (Å²) in [6, 6.07) is -0.141. The molecular formula is C20H22F2N4O3. The van der Waals surface area contributed by atoms with Gasteiger partial charge in [0.15, 0.2) is 11.6 Å². The van der Waals surface area contributed by atoms with Gasteiger partial charge in [-0.15, -0.1) is 0 Å². The molecule has 0 radical (unpaired) electrons. The van der Waals surface area contributed by atoms with Crippen LogP contribution in [0.2, 0.25) is 0 Å². The van der Waals surface area contributed by atoms with Gasteiger partial charge < -0.3 is 26.0 Å². The van der Waals surface area contributed by atoms with E-state index in [1.165, 1.54) is 4.57 Å². The third-order valence-electron chi connectivity index (χ3n) is 5.58. The van der Waals surface area contributed by atoms with Crippen LogP contribution in [-0.2, 0) is 0 Å². The van der Waals surface area contributed by atoms with Crippen molar-refractivity contribution in [1.82, 2.24) is 4.57 Å². The first-order chi connectivity index (χ1) is 13.8. The van der Waals surface area contributed by atoms with Gasteiger partial charge in [-0.25, -0.2) is 13.6 Å². The molecule has 0 bridgehead atoms. The summed E-state index contributed by atoms with van der Waals surface area (Å²) < 4.78 is 32.3. The highest BCUT2D eigenvalue weighted by atomic mass is 19.1. The molecule has 1 aliphatic heterocycles. The van der Waals surface area contributed by atoms with E-state index < -0.39 is 39.7 Å². The van der Waals surface area contributed by atoms with Gasteiger partial charge in [0, 0.05) is 31.9 Å². The molecule has 154 valence electrons. The van der Waals surface area contributed by atoms with Gasteiger partial charge in [-0.3, -0.25) is 4.79 Å². The first-order valence-electron chi connectivity index (χ1n) is 9.56. The Labute approximate surface area is 165 Å². The highest BCUT2D eigenvalue weighted by Gasteiger charge is 2.33. The maximum Gasteiger partial charge on any atom is 0.341 e. The summed E-state index contributed by atoms with van der Waals surface area (Å²) in [5.74, 6) is -3.38. The third kappa shape index (κ3) is 3.15. The first-order valence-corrected chi connectivity index (χ1v) is 9.56. The van der Waals surface area contributed by atoms with Crippen molar-refractivity contribution in [2.75, 3.05) is 30.3 Å². The molecular weight excluding hydrogens is 382 g/mol. The van der Waals surface area contributed by atoms with E-state index >= 15 is 8.78 Å². The molecule has 1 aromatic carbocycles. The number of fused-ring (bicyclic) bond motifs is 1. The van der Waals surface area contributed by atoms with Crippen LogP contribution in [0.1, 0.15) is 42.1 Å². The van der Waals surface area contributed by atoms with Crippen molar-refractivity contribution in [2.45, 2.75) is 31.7 Å². The first kappa shape index (κ1) is 19.4. The van der Waals surface area contributed by atoms with E-state index in [2.05, 4.69) is 0 Å². The second kappa shape index (κ2) is 7.14. The van der Waals surface area contributed by atoms with Crippen LogP contribution in [0.5, 0.6) is 0 Å². The smallest absolute Gasteiger partial charge is 0.341 e. The van der Waals surface area contributed by atoms with E-state index in [4.69, 9.17) is 11.5 Å². The van der Waals surface area contributed by atoms with Gasteiger partial charge in [0.2, 0.25) is 5.43 Å². The van der Waals surface area contributed by atoms with E-state index in [0.29, 0.717) is 26.1 Å². The second-order valence-electron chi connectivity index (χ2n) is 7.55. The SMILES string of the molecule is NC/C=C1/CCCN(c2c(F)c(N)c3c(=O)c(C(=O)O)cn(C4CC4)c3c2F)C1. The van der Waals surface area contributed by atoms with Gasteiger partial charge in [0.25, 0.3) is 0 Å². The summed E-state index contributed by atoms with van der Waals surface area (Å²) in [6.45, 7) is 1.09. The van der Waals surface area contributed by atoms with E-state index in [1.54, 1.807) is 4.90 Å². The van der Waals surface area contributed by atoms with Crippen LogP contribution in [0.15, 0.2) is 22.6 Å². The molecule has 2 fully saturated rings. The molecule has 0 amide bonds. The Morgan fingerprint density at radius 1 is 1.31 bits per heavy atom. The lowest BCUT2D eigenvalue weighted by atomic mass is 10.0. The number of nitrogen functional groups attached to an aromatic ring is 1. The zero-order valence-corrected chi connectivity index (χ0v) is 15.8. The van der Waals surface area contributed by atoms with Crippen LogP contribution in [0.25, 0.3) is 10.9 Å². The standard InChI is InChI=1S/C20H22F2N4O3/c21-14-16(24)13-17(26(11-3-4-11)9-12(19(13)27)20(28)29)15(22)18(14)25-7-1-2-10(8-25)5-6-23/h5,9,11H,1-4,6-8,23-24H2,(H,28,29)/b10-5-. The van der Waals surface area contributed by atoms with Gasteiger partial charge in [-0.1, -0.05) is 11.6 Å². The number of hydrogen-bond acceptors (Lipinski definition) is 5. The normalized spacial score (nSPS) is 18.6. The minimum absolute atomic E-state index is 0.133. The third-order valence-corrected chi connectivity index (χ3v) is 5.58. The van der Waals surface area contributed by atoms with E-state index in [9.17, 15) is 14.7 Å². The predicted molar refractivity (Wildman–Crippen MR) is 106 cm³/mol. The number of carboxylic acid groups (broad SMARTS) is 1. The molecule has 29 heavy (non-hydrogen) atoms. The van der Waals surface area contributed by atoms with Crippen LogP contribution >= 0.6 is 0 Å². The van der Waals surface area contributed by atoms with Crippen LogP contribution in [0.3, 0.4) is 0 Å². The Morgan fingerprint density at radius 3 is 2.66 bits per heavy atom. The van der Waals surface area contributed by atoms with Gasteiger partial charge in [-0.2, -0.15) is 0 Å². The molecule has 2 aromatic rings. The Kier molecular flexibility index (Phi) is 4.77. The van der Waals surface area contributed by atoms with Crippen LogP contribution in [0.4, 0.5) is 20.2 Å². The van der Waals surface area contributed by atoms with Crippen molar-refractivity contribution in [2.24, 2.45) is 5.73 Å². The zero-order chi connectivity index (χ0) is 20.9. The fourth-order valence-corrected chi connectivity index (χ4v) is 4.05. The molecule has 5 N–H and O–H groups in total. The number of pyridine rings is 1. The van der Waals surface area contributed by atoms with E-state index in [1.807, 2.05) is 6.08 Å². The van der Waals surface area contributed by atoms with Crippen molar-refractivity contribution in [1.29, 1.82) is 0 Å². The zero-order valence-electron chi connectivity index (χ0n) is 15.8. The van der Waals surface area contributed by atoms with Crippen molar-refractivity contribution >= 4 is 28.2 Å². The fourth-order valence-electron chi connectivity index (χ4n) is 4.05. The van der Waals surface area contributed by atoms with Crippen molar-refractivity contribution < 1.29 is 18.7 Å². The number of halogens is 2. The Morgan fingerprint density at radius 2 is 2.03 bits per heavy atom. The quantitative estimate of drug-likeness (QED) is 0.532. The maximum absolute atomic E-state index is 15.7. The van der Waals surface area contributed by atoms with Gasteiger partial charge in [0.05, 0.1) is 16.6 Å². The van der Waals surface area contributed by atoms with Gasteiger partial charge >= 0.3 is 5.97 Å². The number of aromatic nitrogens is 1. The highest BCUT2D eigenvalue weighted by Crippen LogP contribution is 2.42. The largest absolute Gasteiger partial charge is 0.477 e. The molecule has 9 heteroatoms. The highest BCUT2D eigenvalue weighted by molar-refractivity contribution is 5.99. The Hall–Kier alpha value is -2.94. The molecule has 0 unspecified atom stereocenters. The van der Waals surface area contributed by atoms with Crippen molar-refractivity contribution in [3.05, 3.63) is 45.3 Å². The molecule has 2 aliphatic rings. The van der Waals surface area contributed by atoms with E-state index in [-0.39, 0.29) is 17.2 Å². The van der Waals surface area contributed by atoms with Crippen LogP contribution in [-0.4, -0.2) is 35.3 Å². The molecule has 2 heterocycles. The summed E-state index contributed by atoms with van der Waals surface area (Å²) in [4.78, 5) is 25.7. The summed E-state index contributed by atoms with van der Waals surface area (Å²) in [7, 11) is 0. The maximum atomic E-state index is 15.7. The number of benzene rings is 1. The van der Waals surface area contributed by atoms with Crippen LogP contribution < -0.4 is 21.8 Å². The van der Waals surface area contributed by atoms with Crippen molar-refractivity contribution in [3.8, 4) is 0 Å². The number of piperidine rings is 1. The van der Waals surface area contributed by atoms with Crippen molar-refractivity contribution in [3.63, 3.8) is 0 Å². The predicted octanol–water partition coefficient (Wildman–Crippen LogP) is 2.38. The lowest BCUT2D eigenvalue weighted by Gasteiger charge is -2.32. The van der Waals surface area contributed by atoms with Gasteiger partial charge in [0.1, 0.15) is 11.3 Å². The number of hydrogen-bond donors (Lipinski definition) is 3. The number of aromatic carboxylic acids is 1. The fraction of sp³-hybridized carbons (Fsp3) is 0.400. The number of carbonyl (C=O) groups is 1. The summed E-state index contributed by atoms with van der Waals surface area (Å²) in [5.41, 5.74) is 10.0. The number of nitrogens with two attached hydrogens (primary N) is 2. The lowest BCUT2D eigenvalue weighted by Crippen LogP contribution is -2.33. The molecule has 0 atom stereocenters. The average Bonchev–Trinajstić information content (AvgIpc) is 3.51. The molecule has 7 nitrogen and oxygen atoms in total. The molecule has 0 spiro atoms. The molecule has 1 aromatic heterocycles. The van der Waals surface area contributed by atoms with Crippen LogP contribution in [0, 0.1) is 11.6 Å². The lowest BCUT2D eigenvalue weighted by molar-refractivity contribution is 0.0695. The number of rotatable bonds is 4. The molecule has 4 rings (SSSR count). The summed E-state index contributed by atoms with van der Waals surface area (Å²) in [5, 5.41) is 8.94. The number of nitrogens with zero attached hydrogens (tertiary/aromatic N) is 2. The van der Waals surface area contributed by atoms with E-state index in [0.717, 1.165) is 31.0 Å². The Bertz CT molecular complexity index is 1110. The number of anilines is 2. The second-order valence-corrected chi connectivity index (χ2v) is 7.55. The molecule has 1 saturated heterocycles. The molecule has 1 aliphatic carbocycles. The molecule has 1 saturated carbocycles. The minimum atomic E-state index is -1.46. The Balaban J connectivity index is 2.00.